The summed E-state index contributed by atoms with van der Waals surface area (Å²) in [5.74, 6) is -0.106. The fraction of sp³-hybridized carbons (Fsp3) is 0.227. The van der Waals surface area contributed by atoms with Crippen LogP contribution in [0.15, 0.2) is 70.6 Å². The van der Waals surface area contributed by atoms with Gasteiger partial charge < -0.3 is 10.3 Å². The van der Waals surface area contributed by atoms with Gasteiger partial charge in [0.1, 0.15) is 0 Å². The molecule has 0 bridgehead atoms. The van der Waals surface area contributed by atoms with Gasteiger partial charge in [-0.15, -0.1) is 0 Å². The molecule has 1 amide bonds. The van der Waals surface area contributed by atoms with Crippen LogP contribution in [0.2, 0.25) is 0 Å². The second kappa shape index (κ2) is 8.89. The molecule has 0 aliphatic rings. The van der Waals surface area contributed by atoms with E-state index in [1.54, 1.807) is 13.8 Å². The highest BCUT2D eigenvalue weighted by Crippen LogP contribution is 2.24. The second-order valence-corrected chi connectivity index (χ2v) is 7.94. The summed E-state index contributed by atoms with van der Waals surface area (Å²) in [4.78, 5) is 32.3. The van der Waals surface area contributed by atoms with Crippen molar-refractivity contribution in [2.75, 3.05) is 0 Å². The molecule has 5 nitrogen and oxygen atoms in total. The summed E-state index contributed by atoms with van der Waals surface area (Å²) in [7, 11) is 0. The van der Waals surface area contributed by atoms with Crippen molar-refractivity contribution >= 4 is 17.7 Å². The number of rotatable bonds is 6. The number of aromatic amines is 1. The molecule has 1 aromatic heterocycles. The van der Waals surface area contributed by atoms with Gasteiger partial charge in [-0.1, -0.05) is 72.4 Å². The molecule has 0 aliphatic carbocycles. The zero-order valence-corrected chi connectivity index (χ0v) is 16.9. The van der Waals surface area contributed by atoms with Crippen LogP contribution in [0.3, 0.4) is 0 Å². The number of hydrogen-bond acceptors (Lipinski definition) is 4. The molecule has 0 saturated heterocycles. The van der Waals surface area contributed by atoms with E-state index < -0.39 is 5.25 Å². The summed E-state index contributed by atoms with van der Waals surface area (Å²) in [5, 5.41) is 3.04. The highest BCUT2D eigenvalue weighted by molar-refractivity contribution is 8.00. The van der Waals surface area contributed by atoms with Crippen LogP contribution >= 0.6 is 11.8 Å². The van der Waals surface area contributed by atoms with Crippen LogP contribution in [0.1, 0.15) is 31.0 Å². The Kier molecular flexibility index (Phi) is 6.31. The van der Waals surface area contributed by atoms with E-state index in [1.165, 1.54) is 11.8 Å². The first kappa shape index (κ1) is 19.9. The third-order valence-corrected chi connectivity index (χ3v) is 5.48. The fourth-order valence-electron chi connectivity index (χ4n) is 2.82. The lowest BCUT2D eigenvalue weighted by atomic mass is 10.1. The first-order chi connectivity index (χ1) is 13.5. The Balaban J connectivity index is 1.75. The van der Waals surface area contributed by atoms with Gasteiger partial charge in [-0.05, 0) is 26.3 Å². The largest absolute Gasteiger partial charge is 0.349 e. The number of hydrogen-bond donors (Lipinski definition) is 2. The molecule has 1 heterocycles. The van der Waals surface area contributed by atoms with Gasteiger partial charge in [0.25, 0.3) is 5.56 Å². The van der Waals surface area contributed by atoms with Crippen LogP contribution in [0, 0.1) is 6.92 Å². The van der Waals surface area contributed by atoms with Gasteiger partial charge >= 0.3 is 0 Å². The normalized spacial score (nSPS) is 13.0. The molecule has 2 atom stereocenters. The molecule has 3 rings (SSSR count). The molecule has 2 N–H and O–H groups in total. The average Bonchev–Trinajstić information content (AvgIpc) is 2.71. The summed E-state index contributed by atoms with van der Waals surface area (Å²) >= 11 is 1.24. The molecular formula is C22H23N3O2S. The number of amides is 1. The topological polar surface area (TPSA) is 74.8 Å². The molecule has 0 fully saturated rings. The molecule has 0 saturated carbocycles. The predicted molar refractivity (Wildman–Crippen MR) is 113 cm³/mol. The average molecular weight is 394 g/mol. The Bertz CT molecular complexity index is 1000. The van der Waals surface area contributed by atoms with E-state index in [4.69, 9.17) is 0 Å². The number of thioether (sulfide) groups is 1. The Labute approximate surface area is 168 Å². The van der Waals surface area contributed by atoms with Crippen molar-refractivity contribution in [2.24, 2.45) is 0 Å². The van der Waals surface area contributed by atoms with Gasteiger partial charge in [-0.3, -0.25) is 9.59 Å². The number of nitrogens with zero attached hydrogens (tertiary/aromatic N) is 1. The number of benzene rings is 2. The van der Waals surface area contributed by atoms with Crippen LogP contribution in [0.4, 0.5) is 0 Å². The SMILES string of the molecule is Cc1c(-c2ccccc2)nc(S[C@H](C)C(=O)N[C@H](C)c2ccccc2)[nH]c1=O. The van der Waals surface area contributed by atoms with Crippen molar-refractivity contribution in [1.82, 2.24) is 15.3 Å². The van der Waals surface area contributed by atoms with Crippen LogP contribution in [0.5, 0.6) is 0 Å². The molecule has 144 valence electrons. The monoisotopic (exact) mass is 393 g/mol. The number of carbonyl (C=O) groups excluding carboxylic acids is 1. The Morgan fingerprint density at radius 2 is 1.64 bits per heavy atom. The van der Waals surface area contributed by atoms with Gasteiger partial charge in [0.2, 0.25) is 5.91 Å². The Morgan fingerprint density at radius 3 is 2.29 bits per heavy atom. The standard InChI is InChI=1S/C22H23N3O2S/c1-14-19(18-12-8-5-9-13-18)24-22(25-20(14)26)28-16(3)21(27)23-15(2)17-10-6-4-7-11-17/h4-13,15-16H,1-3H3,(H,23,27)(H,24,25,26)/t15-,16-/m1/s1. The van der Waals surface area contributed by atoms with Crippen LogP contribution in [-0.2, 0) is 4.79 Å². The minimum absolute atomic E-state index is 0.0957. The molecule has 3 aromatic rings. The van der Waals surface area contributed by atoms with Gasteiger partial charge in [-0.2, -0.15) is 0 Å². The lowest BCUT2D eigenvalue weighted by Crippen LogP contribution is -2.33. The van der Waals surface area contributed by atoms with E-state index in [-0.39, 0.29) is 17.5 Å². The zero-order chi connectivity index (χ0) is 20.1. The lowest BCUT2D eigenvalue weighted by Gasteiger charge is -2.17. The molecule has 2 aromatic carbocycles. The molecule has 0 unspecified atom stereocenters. The van der Waals surface area contributed by atoms with E-state index >= 15 is 0 Å². The third kappa shape index (κ3) is 4.70. The maximum Gasteiger partial charge on any atom is 0.255 e. The quantitative estimate of drug-likeness (QED) is 0.488. The predicted octanol–water partition coefficient (Wildman–Crippen LogP) is 4.10. The summed E-state index contributed by atoms with van der Waals surface area (Å²) in [6.45, 7) is 5.50. The minimum Gasteiger partial charge on any atom is -0.349 e. The van der Waals surface area contributed by atoms with E-state index in [0.29, 0.717) is 16.4 Å². The number of carbonyl (C=O) groups is 1. The minimum atomic E-state index is -0.402. The number of aromatic nitrogens is 2. The first-order valence-electron chi connectivity index (χ1n) is 9.14. The van der Waals surface area contributed by atoms with E-state index in [9.17, 15) is 9.59 Å². The van der Waals surface area contributed by atoms with E-state index in [1.807, 2.05) is 67.6 Å². The van der Waals surface area contributed by atoms with Crippen molar-refractivity contribution in [1.29, 1.82) is 0 Å². The Hall–Kier alpha value is -2.86. The molecule has 0 radical (unpaired) electrons. The zero-order valence-electron chi connectivity index (χ0n) is 16.1. The van der Waals surface area contributed by atoms with Gasteiger partial charge in [0, 0.05) is 11.1 Å². The van der Waals surface area contributed by atoms with Crippen molar-refractivity contribution in [3.05, 3.63) is 82.1 Å². The first-order valence-corrected chi connectivity index (χ1v) is 10.0. The summed E-state index contributed by atoms with van der Waals surface area (Å²) in [5.41, 5.74) is 2.92. The van der Waals surface area contributed by atoms with Crippen molar-refractivity contribution in [3.63, 3.8) is 0 Å². The third-order valence-electron chi connectivity index (χ3n) is 4.49. The molecular weight excluding hydrogens is 370 g/mol. The van der Waals surface area contributed by atoms with Crippen molar-refractivity contribution in [3.8, 4) is 11.3 Å². The highest BCUT2D eigenvalue weighted by atomic mass is 32.2. The number of H-pyrrole nitrogens is 1. The fourth-order valence-corrected chi connectivity index (χ4v) is 3.63. The molecule has 28 heavy (non-hydrogen) atoms. The van der Waals surface area contributed by atoms with Gasteiger partial charge in [0.15, 0.2) is 5.16 Å². The van der Waals surface area contributed by atoms with Gasteiger partial charge in [-0.25, -0.2) is 4.98 Å². The maximum absolute atomic E-state index is 12.6. The van der Waals surface area contributed by atoms with Crippen LogP contribution in [0.25, 0.3) is 11.3 Å². The van der Waals surface area contributed by atoms with Gasteiger partial charge in [0.05, 0.1) is 17.0 Å². The maximum atomic E-state index is 12.6. The number of nitrogens with one attached hydrogen (secondary N) is 2. The van der Waals surface area contributed by atoms with Crippen molar-refractivity contribution < 1.29 is 4.79 Å². The summed E-state index contributed by atoms with van der Waals surface area (Å²) < 4.78 is 0. The van der Waals surface area contributed by atoms with E-state index in [2.05, 4.69) is 15.3 Å². The second-order valence-electron chi connectivity index (χ2n) is 6.61. The van der Waals surface area contributed by atoms with Crippen molar-refractivity contribution in [2.45, 2.75) is 37.2 Å². The molecule has 0 spiro atoms. The summed E-state index contributed by atoms with van der Waals surface area (Å²) in [6, 6.07) is 19.3. The highest BCUT2D eigenvalue weighted by Gasteiger charge is 2.19. The van der Waals surface area contributed by atoms with E-state index in [0.717, 1.165) is 11.1 Å². The lowest BCUT2D eigenvalue weighted by molar-refractivity contribution is -0.120. The Morgan fingerprint density at radius 1 is 1.04 bits per heavy atom. The smallest absolute Gasteiger partial charge is 0.255 e. The summed E-state index contributed by atoms with van der Waals surface area (Å²) in [6.07, 6.45) is 0. The van der Waals surface area contributed by atoms with Crippen LogP contribution in [-0.4, -0.2) is 21.1 Å². The van der Waals surface area contributed by atoms with Crippen LogP contribution < -0.4 is 10.9 Å². The molecule has 0 aliphatic heterocycles. The molecule has 6 heteroatoms.